The van der Waals surface area contributed by atoms with Gasteiger partial charge in [-0.25, -0.2) is 0 Å². The van der Waals surface area contributed by atoms with Gasteiger partial charge < -0.3 is 0 Å². The number of allylic oxidation sites excluding steroid dienone is 10. The van der Waals surface area contributed by atoms with E-state index >= 15 is 0 Å². The zero-order chi connectivity index (χ0) is 22.1. The first kappa shape index (κ1) is 25.0. The first-order valence-electron chi connectivity index (χ1n) is 11.2. The Bertz CT molecular complexity index is 676. The molecule has 0 aromatic rings. The molecule has 0 fully saturated rings. The topological polar surface area (TPSA) is 0 Å². The SMILES string of the molecule is C=C(C[C]1([Hf]([CH3])([CH3])[C]2(CC(=C)C[Si](C)(C)C)C=CC=C2)C=CC=C1)C[Si](C)(C)C. The predicted molar refractivity (Wildman–Crippen MR) is 137 cm³/mol. The molecule has 2 aliphatic rings. The standard InChI is InChI=1S/2C12H19Si.2CH3.Hf/c2*1-11(10-13(2,3)4)9-12-7-5-6-8-12;;;/h2*5-8H,1,9-10H2,2-4H3;2*1H3;. The third-order valence-corrected chi connectivity index (χ3v) is 30.3. The summed E-state index contributed by atoms with van der Waals surface area (Å²) in [5.41, 5.74) is 2.94. The van der Waals surface area contributed by atoms with Crippen molar-refractivity contribution in [1.82, 2.24) is 0 Å². The van der Waals surface area contributed by atoms with Crippen molar-refractivity contribution < 1.29 is 20.0 Å². The fourth-order valence-electron chi connectivity index (χ4n) is 5.42. The zero-order valence-electron chi connectivity index (χ0n) is 20.4. The van der Waals surface area contributed by atoms with Crippen molar-refractivity contribution in [1.29, 1.82) is 0 Å². The molecule has 0 radical (unpaired) electrons. The molecule has 0 heterocycles. The molecule has 0 N–H and O–H groups in total. The van der Waals surface area contributed by atoms with E-state index in [0.717, 1.165) is 12.8 Å². The van der Waals surface area contributed by atoms with Gasteiger partial charge in [0, 0.05) is 0 Å². The van der Waals surface area contributed by atoms with E-state index < -0.39 is 36.1 Å². The van der Waals surface area contributed by atoms with Gasteiger partial charge in [-0.1, -0.05) is 0 Å². The summed E-state index contributed by atoms with van der Waals surface area (Å²) >= 11 is -2.98. The molecular formula is C26H44HfSi2. The second kappa shape index (κ2) is 8.71. The van der Waals surface area contributed by atoms with Gasteiger partial charge in [0.25, 0.3) is 0 Å². The van der Waals surface area contributed by atoms with Crippen molar-refractivity contribution in [3.05, 3.63) is 72.9 Å². The maximum absolute atomic E-state index is 4.58. The predicted octanol–water partition coefficient (Wildman–Crippen LogP) is 9.37. The zero-order valence-corrected chi connectivity index (χ0v) is 26.0. The minimum atomic E-state index is -2.98. The van der Waals surface area contributed by atoms with Crippen LogP contribution in [0, 0.1) is 0 Å². The van der Waals surface area contributed by atoms with Crippen molar-refractivity contribution in [3.63, 3.8) is 0 Å². The summed E-state index contributed by atoms with van der Waals surface area (Å²) in [7, 11) is -2.30. The van der Waals surface area contributed by atoms with E-state index in [0.29, 0.717) is 0 Å². The van der Waals surface area contributed by atoms with Crippen LogP contribution in [-0.4, -0.2) is 16.1 Å². The van der Waals surface area contributed by atoms with Crippen molar-refractivity contribution in [2.75, 3.05) is 0 Å². The Hall–Kier alpha value is -0.256. The molecule has 0 aromatic carbocycles. The molecule has 0 saturated heterocycles. The van der Waals surface area contributed by atoms with Crippen LogP contribution in [0.25, 0.3) is 0 Å². The second-order valence-corrected chi connectivity index (χ2v) is 41.8. The fraction of sp³-hybridized carbons (Fsp3) is 0.538. The third kappa shape index (κ3) is 5.92. The van der Waals surface area contributed by atoms with Crippen molar-refractivity contribution in [2.24, 2.45) is 0 Å². The van der Waals surface area contributed by atoms with Gasteiger partial charge in [0.05, 0.1) is 0 Å². The van der Waals surface area contributed by atoms with Gasteiger partial charge in [-0.05, 0) is 0 Å². The molecule has 29 heavy (non-hydrogen) atoms. The number of rotatable bonds is 10. The first-order valence-corrected chi connectivity index (χ1v) is 29.4. The Labute approximate surface area is 188 Å². The van der Waals surface area contributed by atoms with E-state index in [-0.39, 0.29) is 6.34 Å². The van der Waals surface area contributed by atoms with Gasteiger partial charge in [0.15, 0.2) is 0 Å². The molecule has 2 aliphatic carbocycles. The fourth-order valence-corrected chi connectivity index (χ4v) is 24.1. The molecule has 0 bridgehead atoms. The van der Waals surface area contributed by atoms with Gasteiger partial charge >= 0.3 is 189 Å². The molecule has 0 unspecified atom stereocenters. The normalized spacial score (nSPS) is 19.9. The maximum atomic E-state index is 4.58. The Balaban J connectivity index is 2.38. The van der Waals surface area contributed by atoms with Gasteiger partial charge in [0.2, 0.25) is 0 Å². The Kier molecular flexibility index (Phi) is 7.51. The molecule has 0 aromatic heterocycles. The van der Waals surface area contributed by atoms with Crippen LogP contribution in [0.2, 0.25) is 67.1 Å². The molecule has 3 heteroatoms. The second-order valence-electron chi connectivity index (χ2n) is 12.5. The van der Waals surface area contributed by atoms with E-state index in [1.54, 1.807) is 0 Å². The van der Waals surface area contributed by atoms with Crippen LogP contribution in [0.5, 0.6) is 0 Å². The van der Waals surface area contributed by atoms with Crippen LogP contribution in [0.15, 0.2) is 72.9 Å². The molecule has 2 rings (SSSR count). The van der Waals surface area contributed by atoms with Crippen molar-refractivity contribution >= 4 is 16.1 Å². The average molecular weight is 591 g/mol. The molecule has 0 spiro atoms. The van der Waals surface area contributed by atoms with Crippen LogP contribution in [0.1, 0.15) is 12.8 Å². The quantitative estimate of drug-likeness (QED) is 0.176. The van der Waals surface area contributed by atoms with Crippen LogP contribution >= 0.6 is 0 Å². The molecule has 0 nitrogen and oxygen atoms in total. The summed E-state index contributed by atoms with van der Waals surface area (Å²) in [5.74, 6) is 0. The van der Waals surface area contributed by atoms with Crippen molar-refractivity contribution in [2.45, 2.75) is 79.9 Å². The molecule has 0 aliphatic heterocycles. The van der Waals surface area contributed by atoms with E-state index in [2.05, 4.69) is 110 Å². The van der Waals surface area contributed by atoms with Gasteiger partial charge in [-0.3, -0.25) is 0 Å². The van der Waals surface area contributed by atoms with E-state index in [4.69, 9.17) is 0 Å². The summed E-state index contributed by atoms with van der Waals surface area (Å²) in [6, 6.07) is 2.47. The van der Waals surface area contributed by atoms with E-state index in [1.807, 2.05) is 0 Å². The molecular weight excluding hydrogens is 547 g/mol. The summed E-state index contributed by atoms with van der Waals surface area (Å²) < 4.78 is 5.83. The van der Waals surface area contributed by atoms with E-state index in [9.17, 15) is 0 Å². The molecule has 0 saturated carbocycles. The third-order valence-electron chi connectivity index (χ3n) is 6.77. The number of hydrogen-bond donors (Lipinski definition) is 0. The average Bonchev–Trinajstić information content (AvgIpc) is 3.14. The summed E-state index contributed by atoms with van der Waals surface area (Å²) in [6.45, 7) is 23.9. The first-order chi connectivity index (χ1) is 13.1. The van der Waals surface area contributed by atoms with E-state index in [1.165, 1.54) is 23.2 Å². The van der Waals surface area contributed by atoms with Crippen LogP contribution in [0.4, 0.5) is 0 Å². The Morgan fingerprint density at radius 2 is 0.931 bits per heavy atom. The Morgan fingerprint density at radius 1 is 0.655 bits per heavy atom. The molecule has 0 amide bonds. The molecule has 160 valence electrons. The van der Waals surface area contributed by atoms with Crippen molar-refractivity contribution in [3.8, 4) is 0 Å². The summed E-state index contributed by atoms with van der Waals surface area (Å²) in [4.78, 5) is 0. The summed E-state index contributed by atoms with van der Waals surface area (Å²) in [5, 5.41) is 0. The monoisotopic (exact) mass is 592 g/mol. The van der Waals surface area contributed by atoms with Crippen LogP contribution in [0.3, 0.4) is 0 Å². The molecule has 0 atom stereocenters. The Morgan fingerprint density at radius 3 is 1.17 bits per heavy atom. The van der Waals surface area contributed by atoms with Gasteiger partial charge in [0.1, 0.15) is 0 Å². The van der Waals surface area contributed by atoms with Crippen LogP contribution < -0.4 is 0 Å². The van der Waals surface area contributed by atoms with Gasteiger partial charge in [-0.2, -0.15) is 0 Å². The van der Waals surface area contributed by atoms with Crippen LogP contribution in [-0.2, 0) is 20.0 Å². The summed E-state index contributed by atoms with van der Waals surface area (Å²) in [6.07, 6.45) is 21.7. The van der Waals surface area contributed by atoms with Gasteiger partial charge in [-0.15, -0.1) is 0 Å². The number of hydrogen-bond acceptors (Lipinski definition) is 0. The minimum absolute atomic E-state index is 0.224.